The lowest BCUT2D eigenvalue weighted by Gasteiger charge is -2.25. The summed E-state index contributed by atoms with van der Waals surface area (Å²) in [6.07, 6.45) is 5.44. The number of hydrogen-bond donors (Lipinski definition) is 1. The normalized spacial score (nSPS) is 18.1. The molecular formula is C16H25FN2. The Labute approximate surface area is 116 Å². The summed E-state index contributed by atoms with van der Waals surface area (Å²) in [6.45, 7) is 4.10. The second kappa shape index (κ2) is 7.01. The lowest BCUT2D eigenvalue weighted by molar-refractivity contribution is 0.243. The Balaban J connectivity index is 1.72. The zero-order valence-corrected chi connectivity index (χ0v) is 12.0. The van der Waals surface area contributed by atoms with Crippen LogP contribution in [0.2, 0.25) is 0 Å². The molecule has 1 fully saturated rings. The molecule has 2 nitrogen and oxygen atoms in total. The van der Waals surface area contributed by atoms with Gasteiger partial charge in [0.05, 0.1) is 0 Å². The Bertz CT molecular complexity index is 388. The molecule has 0 radical (unpaired) electrons. The van der Waals surface area contributed by atoms with E-state index in [9.17, 15) is 4.39 Å². The Morgan fingerprint density at radius 1 is 1.37 bits per heavy atom. The van der Waals surface area contributed by atoms with Crippen molar-refractivity contribution in [3.05, 3.63) is 35.6 Å². The lowest BCUT2D eigenvalue weighted by Crippen LogP contribution is -2.36. The number of likely N-dealkylation sites (N-methyl/N-ethyl adjacent to an activating group) is 1. The molecule has 1 unspecified atom stereocenters. The van der Waals surface area contributed by atoms with E-state index in [1.807, 2.05) is 6.07 Å². The maximum absolute atomic E-state index is 13.1. The summed E-state index contributed by atoms with van der Waals surface area (Å²) in [5, 5.41) is 3.47. The molecule has 106 valence electrons. The molecule has 0 saturated heterocycles. The molecule has 1 atom stereocenters. The van der Waals surface area contributed by atoms with Gasteiger partial charge in [0.2, 0.25) is 0 Å². The first-order valence-corrected chi connectivity index (χ1v) is 7.36. The topological polar surface area (TPSA) is 15.3 Å². The van der Waals surface area contributed by atoms with Crippen LogP contribution < -0.4 is 5.32 Å². The van der Waals surface area contributed by atoms with Crippen LogP contribution in [0.3, 0.4) is 0 Å². The van der Waals surface area contributed by atoms with Gasteiger partial charge >= 0.3 is 0 Å². The molecule has 0 aromatic heterocycles. The quantitative estimate of drug-likeness (QED) is 0.847. The second-order valence-corrected chi connectivity index (χ2v) is 5.65. The Morgan fingerprint density at radius 3 is 2.79 bits per heavy atom. The van der Waals surface area contributed by atoms with Crippen LogP contribution in [0.25, 0.3) is 0 Å². The van der Waals surface area contributed by atoms with Gasteiger partial charge in [-0.3, -0.25) is 0 Å². The molecule has 3 heteroatoms. The molecule has 0 spiro atoms. The fourth-order valence-corrected chi connectivity index (χ4v) is 2.88. The average molecular weight is 264 g/mol. The maximum atomic E-state index is 13.1. The minimum Gasteiger partial charge on any atom is -0.309 e. The van der Waals surface area contributed by atoms with Crippen molar-refractivity contribution in [3.63, 3.8) is 0 Å². The van der Waals surface area contributed by atoms with E-state index in [-0.39, 0.29) is 11.9 Å². The van der Waals surface area contributed by atoms with E-state index in [1.54, 1.807) is 12.1 Å². The number of rotatable bonds is 6. The highest BCUT2D eigenvalue weighted by molar-refractivity contribution is 5.19. The van der Waals surface area contributed by atoms with Gasteiger partial charge < -0.3 is 10.2 Å². The highest BCUT2D eigenvalue weighted by atomic mass is 19.1. The average Bonchev–Trinajstić information content (AvgIpc) is 2.92. The molecule has 1 aromatic rings. The molecule has 1 aliphatic carbocycles. The van der Waals surface area contributed by atoms with Crippen molar-refractivity contribution in [1.29, 1.82) is 0 Å². The summed E-state index contributed by atoms with van der Waals surface area (Å²) in [7, 11) is 2.21. The molecule has 19 heavy (non-hydrogen) atoms. The summed E-state index contributed by atoms with van der Waals surface area (Å²) < 4.78 is 13.1. The second-order valence-electron chi connectivity index (χ2n) is 5.65. The molecular weight excluding hydrogens is 239 g/mol. The first-order chi connectivity index (χ1) is 9.16. The molecule has 1 N–H and O–H groups in total. The number of nitrogens with one attached hydrogen (secondary N) is 1. The van der Waals surface area contributed by atoms with Gasteiger partial charge in [-0.15, -0.1) is 0 Å². The summed E-state index contributed by atoms with van der Waals surface area (Å²) in [5.74, 6) is -0.158. The van der Waals surface area contributed by atoms with E-state index in [4.69, 9.17) is 0 Å². The maximum Gasteiger partial charge on any atom is 0.123 e. The lowest BCUT2D eigenvalue weighted by atomic mass is 10.1. The fourth-order valence-electron chi connectivity index (χ4n) is 2.88. The van der Waals surface area contributed by atoms with Gasteiger partial charge in [-0.2, -0.15) is 0 Å². The summed E-state index contributed by atoms with van der Waals surface area (Å²) in [4.78, 5) is 2.46. The molecule has 0 heterocycles. The third-order valence-corrected chi connectivity index (χ3v) is 4.21. The van der Waals surface area contributed by atoms with Crippen LogP contribution in [-0.4, -0.2) is 31.1 Å². The molecule has 0 bridgehead atoms. The van der Waals surface area contributed by atoms with Crippen LogP contribution in [0.1, 0.15) is 44.2 Å². The molecule has 0 amide bonds. The Morgan fingerprint density at radius 2 is 2.11 bits per heavy atom. The van der Waals surface area contributed by atoms with Crippen LogP contribution >= 0.6 is 0 Å². The smallest absolute Gasteiger partial charge is 0.123 e. The van der Waals surface area contributed by atoms with Gasteiger partial charge in [0, 0.05) is 25.2 Å². The van der Waals surface area contributed by atoms with Crippen molar-refractivity contribution in [2.75, 3.05) is 20.1 Å². The van der Waals surface area contributed by atoms with E-state index in [0.29, 0.717) is 0 Å². The van der Waals surface area contributed by atoms with Gasteiger partial charge in [0.15, 0.2) is 0 Å². The Hall–Kier alpha value is -0.930. The van der Waals surface area contributed by atoms with Gasteiger partial charge in [-0.25, -0.2) is 4.39 Å². The molecule has 2 rings (SSSR count). The van der Waals surface area contributed by atoms with Crippen LogP contribution in [0.4, 0.5) is 4.39 Å². The van der Waals surface area contributed by atoms with Crippen molar-refractivity contribution < 1.29 is 4.39 Å². The van der Waals surface area contributed by atoms with Crippen LogP contribution in [0, 0.1) is 5.82 Å². The van der Waals surface area contributed by atoms with E-state index in [1.165, 1.54) is 31.7 Å². The SMILES string of the molecule is CC(NCCN(C)C1CCCC1)c1cccc(F)c1. The van der Waals surface area contributed by atoms with Crippen molar-refractivity contribution in [1.82, 2.24) is 10.2 Å². The highest BCUT2D eigenvalue weighted by Crippen LogP contribution is 2.22. The largest absolute Gasteiger partial charge is 0.309 e. The molecule has 1 aliphatic rings. The monoisotopic (exact) mass is 264 g/mol. The van der Waals surface area contributed by atoms with Gasteiger partial charge in [-0.05, 0) is 44.5 Å². The number of hydrogen-bond acceptors (Lipinski definition) is 2. The predicted molar refractivity (Wildman–Crippen MR) is 77.7 cm³/mol. The number of halogens is 1. The zero-order valence-electron chi connectivity index (χ0n) is 12.0. The standard InChI is InChI=1S/C16H25FN2/c1-13(14-6-5-7-15(17)12-14)18-10-11-19(2)16-8-3-4-9-16/h5-7,12-13,16,18H,3-4,8-11H2,1-2H3. The first kappa shape index (κ1) is 14.5. The van der Waals surface area contributed by atoms with Gasteiger partial charge in [0.25, 0.3) is 0 Å². The van der Waals surface area contributed by atoms with E-state index >= 15 is 0 Å². The fraction of sp³-hybridized carbons (Fsp3) is 0.625. The summed E-state index contributed by atoms with van der Waals surface area (Å²) in [5.41, 5.74) is 1.02. The molecule has 0 aliphatic heterocycles. The molecule has 1 aromatic carbocycles. The minimum absolute atomic E-state index is 0.158. The zero-order chi connectivity index (χ0) is 13.7. The highest BCUT2D eigenvalue weighted by Gasteiger charge is 2.18. The first-order valence-electron chi connectivity index (χ1n) is 7.36. The summed E-state index contributed by atoms with van der Waals surface area (Å²) in [6, 6.07) is 7.82. The van der Waals surface area contributed by atoms with E-state index in [2.05, 4.69) is 24.2 Å². The van der Waals surface area contributed by atoms with Crippen molar-refractivity contribution in [2.45, 2.75) is 44.7 Å². The van der Waals surface area contributed by atoms with Gasteiger partial charge in [0.1, 0.15) is 5.82 Å². The van der Waals surface area contributed by atoms with Crippen molar-refractivity contribution >= 4 is 0 Å². The van der Waals surface area contributed by atoms with Gasteiger partial charge in [-0.1, -0.05) is 25.0 Å². The minimum atomic E-state index is -0.158. The van der Waals surface area contributed by atoms with Crippen LogP contribution in [0.15, 0.2) is 24.3 Å². The number of nitrogens with zero attached hydrogens (tertiary/aromatic N) is 1. The summed E-state index contributed by atoms with van der Waals surface area (Å²) >= 11 is 0. The van der Waals surface area contributed by atoms with E-state index < -0.39 is 0 Å². The van der Waals surface area contributed by atoms with Crippen LogP contribution in [-0.2, 0) is 0 Å². The molecule has 1 saturated carbocycles. The third-order valence-electron chi connectivity index (χ3n) is 4.21. The van der Waals surface area contributed by atoms with Crippen LogP contribution in [0.5, 0.6) is 0 Å². The van der Waals surface area contributed by atoms with Crippen molar-refractivity contribution in [3.8, 4) is 0 Å². The van der Waals surface area contributed by atoms with Crippen molar-refractivity contribution in [2.24, 2.45) is 0 Å². The third kappa shape index (κ3) is 4.29. The predicted octanol–water partition coefficient (Wildman–Crippen LogP) is 3.35. The number of benzene rings is 1. The Kier molecular flexibility index (Phi) is 5.34. The van der Waals surface area contributed by atoms with E-state index in [0.717, 1.165) is 24.7 Å².